The van der Waals surface area contributed by atoms with E-state index < -0.39 is 36.1 Å². The van der Waals surface area contributed by atoms with Crippen molar-refractivity contribution in [2.45, 2.75) is 12.6 Å². The summed E-state index contributed by atoms with van der Waals surface area (Å²) < 4.78 is 42.5. The molecule has 9 heteroatoms. The molecule has 2 aromatic carbocycles. The zero-order valence-electron chi connectivity index (χ0n) is 15.8. The van der Waals surface area contributed by atoms with Crippen molar-refractivity contribution in [3.8, 4) is 0 Å². The maximum absolute atomic E-state index is 12.5. The van der Waals surface area contributed by atoms with Crippen LogP contribution in [0.3, 0.4) is 0 Å². The van der Waals surface area contributed by atoms with E-state index in [-0.39, 0.29) is 13.0 Å². The van der Waals surface area contributed by atoms with Gasteiger partial charge in [-0.15, -0.1) is 0 Å². The van der Waals surface area contributed by atoms with E-state index in [0.29, 0.717) is 11.3 Å². The molecule has 0 aliphatic rings. The lowest BCUT2D eigenvalue weighted by atomic mass is 10.1. The van der Waals surface area contributed by atoms with Crippen LogP contribution in [0, 0.1) is 0 Å². The third-order valence-corrected chi connectivity index (χ3v) is 3.94. The standard InChI is InChI=1S/C21H19F3N2O4/c22-21(23,24)16-9-6-15(7-10-16)8-11-20(29)30-14-19(28)26(13-12-18(25)27)17-4-2-1-3-5-17/h1-11H,12-14H2,(H2,25,27)/b11-8+. The summed E-state index contributed by atoms with van der Waals surface area (Å²) in [4.78, 5) is 36.6. The van der Waals surface area contributed by atoms with E-state index in [1.807, 2.05) is 0 Å². The molecule has 0 radical (unpaired) electrons. The molecule has 2 amide bonds. The molecule has 30 heavy (non-hydrogen) atoms. The highest BCUT2D eigenvalue weighted by atomic mass is 19.4. The van der Waals surface area contributed by atoms with Crippen LogP contribution in [0.5, 0.6) is 0 Å². The van der Waals surface area contributed by atoms with E-state index in [0.717, 1.165) is 18.2 Å². The second kappa shape index (κ2) is 10.2. The van der Waals surface area contributed by atoms with Gasteiger partial charge < -0.3 is 15.4 Å². The molecule has 2 N–H and O–H groups in total. The smallest absolute Gasteiger partial charge is 0.416 e. The Hall–Kier alpha value is -3.62. The molecule has 0 saturated carbocycles. The number of nitrogens with two attached hydrogens (primary N) is 1. The summed E-state index contributed by atoms with van der Waals surface area (Å²) in [5, 5.41) is 0. The second-order valence-corrected chi connectivity index (χ2v) is 6.16. The normalized spacial score (nSPS) is 11.3. The summed E-state index contributed by atoms with van der Waals surface area (Å²) in [6.45, 7) is -0.555. The average molecular weight is 420 g/mol. The predicted molar refractivity (Wildman–Crippen MR) is 104 cm³/mol. The number of hydrogen-bond donors (Lipinski definition) is 1. The maximum Gasteiger partial charge on any atom is 0.416 e. The van der Waals surface area contributed by atoms with Crippen molar-refractivity contribution in [2.24, 2.45) is 5.73 Å². The van der Waals surface area contributed by atoms with Crippen LogP contribution >= 0.6 is 0 Å². The number of esters is 1. The molecule has 0 heterocycles. The largest absolute Gasteiger partial charge is 0.452 e. The lowest BCUT2D eigenvalue weighted by Gasteiger charge is -2.22. The van der Waals surface area contributed by atoms with Crippen LogP contribution in [-0.4, -0.2) is 30.9 Å². The summed E-state index contributed by atoms with van der Waals surface area (Å²) in [5.74, 6) is -1.98. The lowest BCUT2D eigenvalue weighted by molar-refractivity contribution is -0.143. The van der Waals surface area contributed by atoms with Crippen LogP contribution in [0.1, 0.15) is 17.5 Å². The van der Waals surface area contributed by atoms with E-state index in [1.165, 1.54) is 23.1 Å². The van der Waals surface area contributed by atoms with Gasteiger partial charge in [-0.1, -0.05) is 30.3 Å². The molecular weight excluding hydrogens is 401 g/mol. The number of halogens is 3. The number of rotatable bonds is 8. The Morgan fingerprint density at radius 3 is 2.20 bits per heavy atom. The Morgan fingerprint density at radius 1 is 1.00 bits per heavy atom. The SMILES string of the molecule is NC(=O)CCN(C(=O)COC(=O)/C=C/c1ccc(C(F)(F)F)cc1)c1ccccc1. The number of ether oxygens (including phenoxy) is 1. The summed E-state index contributed by atoms with van der Waals surface area (Å²) in [7, 11) is 0. The van der Waals surface area contributed by atoms with Gasteiger partial charge in [0.1, 0.15) is 0 Å². The first-order valence-corrected chi connectivity index (χ1v) is 8.82. The van der Waals surface area contributed by atoms with Gasteiger partial charge in [0.15, 0.2) is 6.61 Å². The van der Waals surface area contributed by atoms with Gasteiger partial charge in [-0.3, -0.25) is 9.59 Å². The minimum atomic E-state index is -4.44. The van der Waals surface area contributed by atoms with Crippen LogP contribution < -0.4 is 10.6 Å². The van der Waals surface area contributed by atoms with Gasteiger partial charge in [0.05, 0.1) is 5.56 Å². The van der Waals surface area contributed by atoms with Gasteiger partial charge in [0.2, 0.25) is 5.91 Å². The molecular formula is C21H19F3N2O4. The molecule has 0 aliphatic heterocycles. The number of carbonyl (C=O) groups is 3. The highest BCUT2D eigenvalue weighted by molar-refractivity contribution is 5.97. The Bertz CT molecular complexity index is 910. The summed E-state index contributed by atoms with van der Waals surface area (Å²) >= 11 is 0. The Balaban J connectivity index is 1.95. The predicted octanol–water partition coefficient (Wildman–Crippen LogP) is 3.17. The van der Waals surface area contributed by atoms with Crippen LogP contribution in [0.4, 0.5) is 18.9 Å². The minimum Gasteiger partial charge on any atom is -0.452 e. The molecule has 6 nitrogen and oxygen atoms in total. The highest BCUT2D eigenvalue weighted by Crippen LogP contribution is 2.29. The summed E-state index contributed by atoms with van der Waals surface area (Å²) in [5.41, 5.74) is 5.21. The molecule has 158 valence electrons. The van der Waals surface area contributed by atoms with Crippen LogP contribution in [0.2, 0.25) is 0 Å². The van der Waals surface area contributed by atoms with Crippen LogP contribution in [0.25, 0.3) is 6.08 Å². The molecule has 0 fully saturated rings. The van der Waals surface area contributed by atoms with E-state index in [2.05, 4.69) is 0 Å². The van der Waals surface area contributed by atoms with Crippen molar-refractivity contribution in [3.05, 3.63) is 71.8 Å². The van der Waals surface area contributed by atoms with Gasteiger partial charge in [-0.25, -0.2) is 4.79 Å². The average Bonchev–Trinajstić information content (AvgIpc) is 2.71. The van der Waals surface area contributed by atoms with Gasteiger partial charge in [0, 0.05) is 24.7 Å². The van der Waals surface area contributed by atoms with Gasteiger partial charge in [0.25, 0.3) is 5.91 Å². The first-order valence-electron chi connectivity index (χ1n) is 8.82. The first-order chi connectivity index (χ1) is 14.2. The quantitative estimate of drug-likeness (QED) is 0.525. The highest BCUT2D eigenvalue weighted by Gasteiger charge is 2.29. The van der Waals surface area contributed by atoms with Crippen LogP contribution in [-0.2, 0) is 25.3 Å². The topological polar surface area (TPSA) is 89.7 Å². The van der Waals surface area contributed by atoms with Crippen molar-refractivity contribution in [1.82, 2.24) is 0 Å². The zero-order chi connectivity index (χ0) is 22.1. The van der Waals surface area contributed by atoms with E-state index >= 15 is 0 Å². The molecule has 0 aliphatic carbocycles. The van der Waals surface area contributed by atoms with Crippen molar-refractivity contribution < 1.29 is 32.3 Å². The fraction of sp³-hybridized carbons (Fsp3) is 0.190. The molecule has 0 spiro atoms. The molecule has 2 rings (SSSR count). The van der Waals surface area contributed by atoms with Gasteiger partial charge in [-0.05, 0) is 35.9 Å². The Morgan fingerprint density at radius 2 is 1.63 bits per heavy atom. The Labute approximate surface area is 170 Å². The number of alkyl halides is 3. The lowest BCUT2D eigenvalue weighted by Crippen LogP contribution is -2.37. The third-order valence-electron chi connectivity index (χ3n) is 3.94. The molecule has 0 bridgehead atoms. The Kier molecular flexibility index (Phi) is 7.74. The second-order valence-electron chi connectivity index (χ2n) is 6.16. The van der Waals surface area contributed by atoms with Gasteiger partial charge >= 0.3 is 12.1 Å². The summed E-state index contributed by atoms with van der Waals surface area (Å²) in [6, 6.07) is 12.7. The van der Waals surface area contributed by atoms with Crippen molar-refractivity contribution in [2.75, 3.05) is 18.1 Å². The number of anilines is 1. The van der Waals surface area contributed by atoms with Crippen LogP contribution in [0.15, 0.2) is 60.7 Å². The zero-order valence-corrected chi connectivity index (χ0v) is 15.8. The molecule has 0 saturated heterocycles. The number of carbonyl (C=O) groups excluding carboxylic acids is 3. The van der Waals surface area contributed by atoms with E-state index in [1.54, 1.807) is 30.3 Å². The molecule has 0 atom stereocenters. The number of hydrogen-bond acceptors (Lipinski definition) is 4. The number of para-hydroxylation sites is 1. The van der Waals surface area contributed by atoms with Crippen molar-refractivity contribution in [1.29, 1.82) is 0 Å². The van der Waals surface area contributed by atoms with Crippen molar-refractivity contribution >= 4 is 29.5 Å². The maximum atomic E-state index is 12.5. The first kappa shape index (κ1) is 22.7. The number of benzene rings is 2. The minimum absolute atomic E-state index is 0.0249. The molecule has 0 unspecified atom stereocenters. The fourth-order valence-corrected chi connectivity index (χ4v) is 2.43. The van der Waals surface area contributed by atoms with Gasteiger partial charge in [-0.2, -0.15) is 13.2 Å². The number of nitrogens with zero attached hydrogens (tertiary/aromatic N) is 1. The molecule has 2 aromatic rings. The monoisotopic (exact) mass is 420 g/mol. The van der Waals surface area contributed by atoms with E-state index in [4.69, 9.17) is 10.5 Å². The van der Waals surface area contributed by atoms with E-state index in [9.17, 15) is 27.6 Å². The molecule has 0 aromatic heterocycles. The van der Waals surface area contributed by atoms with Crippen molar-refractivity contribution in [3.63, 3.8) is 0 Å². The third kappa shape index (κ3) is 7.08. The number of amides is 2. The summed E-state index contributed by atoms with van der Waals surface area (Å²) in [6.07, 6.45) is -2.23. The fourth-order valence-electron chi connectivity index (χ4n) is 2.43. The number of primary amides is 1.